The Labute approximate surface area is 175 Å². The largest absolute Gasteiger partial charge is 0.493 e. The molecule has 30 heavy (non-hydrogen) atoms. The molecule has 3 aromatic rings. The van der Waals surface area contributed by atoms with Crippen LogP contribution in [0.4, 0.5) is 5.69 Å². The molecule has 0 spiro atoms. The molecule has 154 valence electrons. The number of methoxy groups -OCH3 is 2. The zero-order valence-corrected chi connectivity index (χ0v) is 17.1. The fourth-order valence-electron chi connectivity index (χ4n) is 3.15. The van der Waals surface area contributed by atoms with E-state index in [1.54, 1.807) is 42.5 Å². The molecule has 0 saturated carbocycles. The van der Waals surface area contributed by atoms with Crippen LogP contribution in [0.1, 0.15) is 39.2 Å². The number of para-hydroxylation sites is 2. The van der Waals surface area contributed by atoms with Crippen LogP contribution >= 0.6 is 0 Å². The number of hydrogen-bond acceptors (Lipinski definition) is 4. The van der Waals surface area contributed by atoms with Crippen molar-refractivity contribution in [2.24, 2.45) is 0 Å². The second kappa shape index (κ2) is 9.60. The van der Waals surface area contributed by atoms with Gasteiger partial charge in [-0.15, -0.1) is 0 Å². The molecular formula is C24H24N2O4. The van der Waals surface area contributed by atoms with Crippen LogP contribution in [0.2, 0.25) is 0 Å². The molecule has 6 nitrogen and oxygen atoms in total. The molecule has 0 aliphatic heterocycles. The molecule has 2 N–H and O–H groups in total. The van der Waals surface area contributed by atoms with Gasteiger partial charge in [-0.3, -0.25) is 9.59 Å². The van der Waals surface area contributed by atoms with E-state index in [4.69, 9.17) is 9.47 Å². The summed E-state index contributed by atoms with van der Waals surface area (Å²) in [5.41, 5.74) is 2.08. The normalized spacial score (nSPS) is 11.3. The maximum Gasteiger partial charge on any atom is 0.259 e. The molecule has 6 heteroatoms. The van der Waals surface area contributed by atoms with Gasteiger partial charge in [0.1, 0.15) is 0 Å². The Bertz CT molecular complexity index is 1030. The van der Waals surface area contributed by atoms with E-state index in [0.717, 1.165) is 5.56 Å². The highest BCUT2D eigenvalue weighted by Crippen LogP contribution is 2.31. The van der Waals surface area contributed by atoms with Crippen molar-refractivity contribution >= 4 is 17.5 Å². The van der Waals surface area contributed by atoms with Gasteiger partial charge in [0, 0.05) is 0 Å². The van der Waals surface area contributed by atoms with E-state index in [-0.39, 0.29) is 11.9 Å². The summed E-state index contributed by atoms with van der Waals surface area (Å²) in [7, 11) is 2.98. The van der Waals surface area contributed by atoms with Gasteiger partial charge >= 0.3 is 0 Å². The maximum absolute atomic E-state index is 12.9. The molecule has 0 heterocycles. The van der Waals surface area contributed by atoms with Crippen LogP contribution in [0, 0.1) is 0 Å². The molecular weight excluding hydrogens is 380 g/mol. The standard InChI is InChI=1S/C24H24N2O4/c1-16(17-10-5-4-6-11-17)25-23(27)18-12-7-8-14-20(18)26-24(28)19-13-9-15-21(29-2)22(19)30-3/h4-16H,1-3H3,(H,25,27)(H,26,28)/t16-/m1/s1. The van der Waals surface area contributed by atoms with Crippen LogP contribution in [0.25, 0.3) is 0 Å². The topological polar surface area (TPSA) is 76.7 Å². The fourth-order valence-corrected chi connectivity index (χ4v) is 3.15. The number of hydrogen-bond donors (Lipinski definition) is 2. The van der Waals surface area contributed by atoms with Gasteiger partial charge in [0.05, 0.1) is 37.1 Å². The first-order valence-electron chi connectivity index (χ1n) is 9.52. The van der Waals surface area contributed by atoms with Crippen LogP contribution in [-0.2, 0) is 0 Å². The maximum atomic E-state index is 12.9. The highest BCUT2D eigenvalue weighted by molar-refractivity contribution is 6.10. The average molecular weight is 404 g/mol. The lowest BCUT2D eigenvalue weighted by atomic mass is 10.1. The average Bonchev–Trinajstić information content (AvgIpc) is 2.79. The summed E-state index contributed by atoms with van der Waals surface area (Å²) < 4.78 is 10.6. The molecule has 1 atom stereocenters. The second-order valence-electron chi connectivity index (χ2n) is 6.65. The molecule has 0 radical (unpaired) electrons. The van der Waals surface area contributed by atoms with Gasteiger partial charge in [0.2, 0.25) is 0 Å². The molecule has 0 unspecified atom stereocenters. The van der Waals surface area contributed by atoms with Crippen molar-refractivity contribution < 1.29 is 19.1 Å². The lowest BCUT2D eigenvalue weighted by Crippen LogP contribution is -2.28. The lowest BCUT2D eigenvalue weighted by molar-refractivity contribution is 0.0941. The second-order valence-corrected chi connectivity index (χ2v) is 6.65. The van der Waals surface area contributed by atoms with Crippen molar-refractivity contribution in [3.63, 3.8) is 0 Å². The molecule has 0 bridgehead atoms. The van der Waals surface area contributed by atoms with E-state index < -0.39 is 5.91 Å². The first-order chi connectivity index (χ1) is 14.5. The molecule has 0 aliphatic carbocycles. The number of benzene rings is 3. The predicted molar refractivity (Wildman–Crippen MR) is 116 cm³/mol. The van der Waals surface area contributed by atoms with E-state index in [0.29, 0.717) is 28.3 Å². The van der Waals surface area contributed by atoms with Gasteiger partial charge in [-0.25, -0.2) is 0 Å². The summed E-state index contributed by atoms with van der Waals surface area (Å²) in [6.45, 7) is 1.91. The highest BCUT2D eigenvalue weighted by atomic mass is 16.5. The van der Waals surface area contributed by atoms with Crippen LogP contribution in [-0.4, -0.2) is 26.0 Å². The van der Waals surface area contributed by atoms with E-state index in [1.165, 1.54) is 14.2 Å². The third kappa shape index (κ3) is 4.60. The van der Waals surface area contributed by atoms with Crippen molar-refractivity contribution in [3.8, 4) is 11.5 Å². The zero-order valence-electron chi connectivity index (χ0n) is 17.1. The van der Waals surface area contributed by atoms with Crippen molar-refractivity contribution in [1.29, 1.82) is 0 Å². The minimum Gasteiger partial charge on any atom is -0.493 e. The number of amides is 2. The van der Waals surface area contributed by atoms with Crippen molar-refractivity contribution in [1.82, 2.24) is 5.32 Å². The minimum absolute atomic E-state index is 0.180. The van der Waals surface area contributed by atoms with E-state index in [1.807, 2.05) is 37.3 Å². The number of ether oxygens (including phenoxy) is 2. The summed E-state index contributed by atoms with van der Waals surface area (Å²) in [5, 5.41) is 5.78. The smallest absolute Gasteiger partial charge is 0.259 e. The summed E-state index contributed by atoms with van der Waals surface area (Å²) in [4.78, 5) is 25.8. The quantitative estimate of drug-likeness (QED) is 0.610. The Morgan fingerprint density at radius 2 is 1.43 bits per heavy atom. The third-order valence-corrected chi connectivity index (χ3v) is 4.71. The zero-order chi connectivity index (χ0) is 21.5. The molecule has 0 aliphatic rings. The molecule has 3 aromatic carbocycles. The first kappa shape index (κ1) is 20.9. The number of carbonyl (C=O) groups is 2. The number of carbonyl (C=O) groups excluding carboxylic acids is 2. The van der Waals surface area contributed by atoms with E-state index in [2.05, 4.69) is 10.6 Å². The van der Waals surface area contributed by atoms with Crippen LogP contribution in [0.5, 0.6) is 11.5 Å². The molecule has 3 rings (SSSR count). The van der Waals surface area contributed by atoms with Crippen molar-refractivity contribution in [2.75, 3.05) is 19.5 Å². The van der Waals surface area contributed by atoms with E-state index >= 15 is 0 Å². The van der Waals surface area contributed by atoms with Gasteiger partial charge in [-0.05, 0) is 36.8 Å². The number of anilines is 1. The summed E-state index contributed by atoms with van der Waals surface area (Å²) in [6.07, 6.45) is 0. The van der Waals surface area contributed by atoms with Crippen LogP contribution in [0.15, 0.2) is 72.8 Å². The van der Waals surface area contributed by atoms with Gasteiger partial charge in [0.25, 0.3) is 11.8 Å². The highest BCUT2D eigenvalue weighted by Gasteiger charge is 2.20. The predicted octanol–water partition coefficient (Wildman–Crippen LogP) is 4.45. The van der Waals surface area contributed by atoms with E-state index in [9.17, 15) is 9.59 Å². The van der Waals surface area contributed by atoms with Gasteiger partial charge < -0.3 is 20.1 Å². The Morgan fingerprint density at radius 3 is 2.13 bits per heavy atom. The molecule has 0 aromatic heterocycles. The Kier molecular flexibility index (Phi) is 6.70. The molecule has 2 amide bonds. The fraction of sp³-hybridized carbons (Fsp3) is 0.167. The van der Waals surface area contributed by atoms with Crippen molar-refractivity contribution in [2.45, 2.75) is 13.0 Å². The summed E-state index contributed by atoms with van der Waals surface area (Å²) >= 11 is 0. The SMILES string of the molecule is COc1cccc(C(=O)Nc2ccccc2C(=O)N[C@H](C)c2ccccc2)c1OC. The molecule has 0 saturated heterocycles. The van der Waals surface area contributed by atoms with Crippen molar-refractivity contribution in [3.05, 3.63) is 89.5 Å². The summed E-state index contributed by atoms with van der Waals surface area (Å²) in [6, 6.07) is 21.4. The summed E-state index contributed by atoms with van der Waals surface area (Å²) in [5.74, 6) is 0.104. The number of nitrogens with one attached hydrogen (secondary N) is 2. The monoisotopic (exact) mass is 404 g/mol. The first-order valence-corrected chi connectivity index (χ1v) is 9.52. The lowest BCUT2D eigenvalue weighted by Gasteiger charge is -2.17. The minimum atomic E-state index is -0.401. The Morgan fingerprint density at radius 1 is 0.767 bits per heavy atom. The van der Waals surface area contributed by atoms with Crippen LogP contribution < -0.4 is 20.1 Å². The third-order valence-electron chi connectivity index (χ3n) is 4.71. The van der Waals surface area contributed by atoms with Gasteiger partial charge in [-0.2, -0.15) is 0 Å². The van der Waals surface area contributed by atoms with Gasteiger partial charge in [-0.1, -0.05) is 48.5 Å². The number of rotatable bonds is 7. The Balaban J connectivity index is 1.82. The Hall–Kier alpha value is -3.80. The van der Waals surface area contributed by atoms with Crippen LogP contribution in [0.3, 0.4) is 0 Å². The molecule has 0 fully saturated rings. The van der Waals surface area contributed by atoms with Gasteiger partial charge in [0.15, 0.2) is 11.5 Å².